The number of anilines is 3. The first-order chi connectivity index (χ1) is 28.7. The molecule has 1 aromatic heterocycles. The molecule has 0 aliphatic rings. The Labute approximate surface area is 342 Å². The molecule has 272 valence electrons. The molecular weight excluding hydrogens is 719 g/mol. The van der Waals surface area contributed by atoms with Gasteiger partial charge in [0.25, 0.3) is 0 Å². The lowest BCUT2D eigenvalue weighted by molar-refractivity contribution is 1.28. The number of hydrogen-bond donors (Lipinski definition) is 0. The zero-order valence-corrected chi connectivity index (χ0v) is 32.5. The Morgan fingerprint density at radius 3 is 1.33 bits per heavy atom. The van der Waals surface area contributed by atoms with E-state index in [0.717, 1.165) is 17.1 Å². The predicted molar refractivity (Wildman–Crippen MR) is 251 cm³/mol. The van der Waals surface area contributed by atoms with Gasteiger partial charge in [0.1, 0.15) is 0 Å². The summed E-state index contributed by atoms with van der Waals surface area (Å²) in [6, 6.07) is 81.7. The largest absolute Gasteiger partial charge is 0.311 e. The minimum atomic E-state index is 1.11. The lowest BCUT2D eigenvalue weighted by atomic mass is 9.93. The molecule has 0 saturated heterocycles. The van der Waals surface area contributed by atoms with E-state index in [0.29, 0.717) is 0 Å². The van der Waals surface area contributed by atoms with Gasteiger partial charge in [-0.1, -0.05) is 170 Å². The molecule has 0 aliphatic heterocycles. The number of rotatable bonds is 7. The Hall–Kier alpha value is -7.26. The Kier molecular flexibility index (Phi) is 8.42. The van der Waals surface area contributed by atoms with Gasteiger partial charge in [-0.3, -0.25) is 0 Å². The summed E-state index contributed by atoms with van der Waals surface area (Å²) < 4.78 is 2.66. The molecule has 0 saturated carbocycles. The molecule has 11 rings (SSSR count). The molecule has 2 heteroatoms. The first-order valence-electron chi connectivity index (χ1n) is 19.8. The molecule has 11 aromatic rings. The molecule has 0 radical (unpaired) electrons. The second kappa shape index (κ2) is 14.4. The van der Waals surface area contributed by atoms with Gasteiger partial charge in [0.15, 0.2) is 0 Å². The van der Waals surface area contributed by atoms with Crippen LogP contribution in [-0.4, -0.2) is 0 Å². The predicted octanol–water partition coefficient (Wildman–Crippen LogP) is 16.5. The van der Waals surface area contributed by atoms with Crippen molar-refractivity contribution in [2.75, 3.05) is 4.90 Å². The number of benzene rings is 10. The zero-order valence-electron chi connectivity index (χ0n) is 31.7. The van der Waals surface area contributed by atoms with Crippen molar-refractivity contribution < 1.29 is 0 Å². The molecule has 0 bridgehead atoms. The van der Waals surface area contributed by atoms with Crippen LogP contribution in [0.15, 0.2) is 224 Å². The minimum absolute atomic E-state index is 1.11. The van der Waals surface area contributed by atoms with Crippen LogP contribution in [-0.2, 0) is 0 Å². The van der Waals surface area contributed by atoms with Gasteiger partial charge in [0, 0.05) is 42.8 Å². The first kappa shape index (κ1) is 34.0. The zero-order chi connectivity index (χ0) is 38.4. The fourth-order valence-electron chi connectivity index (χ4n) is 8.59. The van der Waals surface area contributed by atoms with Crippen molar-refractivity contribution in [2.45, 2.75) is 0 Å². The van der Waals surface area contributed by atoms with Crippen LogP contribution < -0.4 is 4.90 Å². The smallest absolute Gasteiger partial charge is 0.0462 e. The average molecular weight is 756 g/mol. The number of thiophene rings is 1. The highest BCUT2D eigenvalue weighted by molar-refractivity contribution is 7.26. The Morgan fingerprint density at radius 1 is 0.293 bits per heavy atom. The summed E-state index contributed by atoms with van der Waals surface area (Å²) in [6.07, 6.45) is 0. The van der Waals surface area contributed by atoms with E-state index in [1.54, 1.807) is 0 Å². The molecule has 0 amide bonds. The number of hydrogen-bond acceptors (Lipinski definition) is 2. The molecule has 0 fully saturated rings. The van der Waals surface area contributed by atoms with E-state index in [4.69, 9.17) is 0 Å². The third-order valence-electron chi connectivity index (χ3n) is 11.5. The van der Waals surface area contributed by atoms with Crippen molar-refractivity contribution in [1.29, 1.82) is 0 Å². The van der Waals surface area contributed by atoms with Crippen LogP contribution in [0.2, 0.25) is 0 Å². The summed E-state index contributed by atoms with van der Waals surface area (Å²) in [5.74, 6) is 0. The molecule has 0 atom stereocenters. The molecule has 10 aromatic carbocycles. The first-order valence-corrected chi connectivity index (χ1v) is 20.6. The molecule has 58 heavy (non-hydrogen) atoms. The average Bonchev–Trinajstić information content (AvgIpc) is 3.71. The lowest BCUT2D eigenvalue weighted by Gasteiger charge is -2.26. The van der Waals surface area contributed by atoms with E-state index in [9.17, 15) is 0 Å². The highest BCUT2D eigenvalue weighted by Gasteiger charge is 2.18. The number of nitrogens with zero attached hydrogens (tertiary/aromatic N) is 1. The van der Waals surface area contributed by atoms with Gasteiger partial charge >= 0.3 is 0 Å². The van der Waals surface area contributed by atoms with Crippen molar-refractivity contribution in [3.63, 3.8) is 0 Å². The molecule has 1 nitrogen and oxygen atoms in total. The standard InChI is InChI=1S/C56H37NS/c1-3-12-38(13-4-1)40-22-29-47(30-23-40)57(48-31-24-41(25-32-48)39-14-5-2-6-15-39)49-33-26-42(27-34-49)44-18-11-19-45(36-44)52-37-46-17-8-10-21-51(46)55-54-50-20-9-7-16-43(50)28-35-53(54)58-56(52)55/h1-37H. The molecule has 0 N–H and O–H groups in total. The fraction of sp³-hybridized carbons (Fsp3) is 0. The van der Waals surface area contributed by atoms with Crippen LogP contribution in [0.5, 0.6) is 0 Å². The van der Waals surface area contributed by atoms with Gasteiger partial charge in [0.2, 0.25) is 0 Å². The quantitative estimate of drug-likeness (QED) is 0.157. The van der Waals surface area contributed by atoms with Crippen LogP contribution in [0.1, 0.15) is 0 Å². The molecular formula is C56H37NS. The van der Waals surface area contributed by atoms with Crippen molar-refractivity contribution in [3.05, 3.63) is 224 Å². The Balaban J connectivity index is 0.989. The van der Waals surface area contributed by atoms with Gasteiger partial charge in [-0.2, -0.15) is 0 Å². The van der Waals surface area contributed by atoms with Crippen molar-refractivity contribution >= 4 is 70.1 Å². The van der Waals surface area contributed by atoms with Crippen LogP contribution in [0.3, 0.4) is 0 Å². The van der Waals surface area contributed by atoms with Gasteiger partial charge in [0.05, 0.1) is 0 Å². The van der Waals surface area contributed by atoms with Crippen LogP contribution in [0.4, 0.5) is 17.1 Å². The summed E-state index contributed by atoms with van der Waals surface area (Å²) in [5, 5.41) is 7.88. The molecule has 0 spiro atoms. The van der Waals surface area contributed by atoms with E-state index in [1.807, 2.05) is 11.3 Å². The van der Waals surface area contributed by atoms with E-state index >= 15 is 0 Å². The van der Waals surface area contributed by atoms with Crippen molar-refractivity contribution in [3.8, 4) is 44.5 Å². The van der Waals surface area contributed by atoms with E-state index in [2.05, 4.69) is 229 Å². The summed E-state index contributed by atoms with van der Waals surface area (Å²) in [5.41, 5.74) is 13.0. The minimum Gasteiger partial charge on any atom is -0.311 e. The lowest BCUT2D eigenvalue weighted by Crippen LogP contribution is -2.09. The summed E-state index contributed by atoms with van der Waals surface area (Å²) in [6.45, 7) is 0. The third-order valence-corrected chi connectivity index (χ3v) is 12.6. The molecule has 1 heterocycles. The third kappa shape index (κ3) is 6.03. The highest BCUT2D eigenvalue weighted by Crippen LogP contribution is 2.47. The maximum Gasteiger partial charge on any atom is 0.0462 e. The van der Waals surface area contributed by atoms with Gasteiger partial charge in [-0.15, -0.1) is 11.3 Å². The Morgan fingerprint density at radius 2 is 0.741 bits per heavy atom. The van der Waals surface area contributed by atoms with Crippen molar-refractivity contribution in [1.82, 2.24) is 0 Å². The molecule has 0 aliphatic carbocycles. The van der Waals surface area contributed by atoms with E-state index < -0.39 is 0 Å². The van der Waals surface area contributed by atoms with Crippen LogP contribution >= 0.6 is 11.3 Å². The Bertz CT molecular complexity index is 3150. The topological polar surface area (TPSA) is 3.24 Å². The summed E-state index contributed by atoms with van der Waals surface area (Å²) >= 11 is 1.91. The monoisotopic (exact) mass is 755 g/mol. The summed E-state index contributed by atoms with van der Waals surface area (Å²) in [4.78, 5) is 2.35. The second-order valence-electron chi connectivity index (χ2n) is 14.9. The van der Waals surface area contributed by atoms with Crippen molar-refractivity contribution in [2.24, 2.45) is 0 Å². The second-order valence-corrected chi connectivity index (χ2v) is 16.0. The van der Waals surface area contributed by atoms with Gasteiger partial charge in [-0.25, -0.2) is 0 Å². The van der Waals surface area contributed by atoms with Crippen LogP contribution in [0.25, 0.3) is 86.2 Å². The van der Waals surface area contributed by atoms with Crippen LogP contribution in [0, 0.1) is 0 Å². The normalized spacial score (nSPS) is 11.4. The SMILES string of the molecule is c1ccc(-c2ccc(N(c3ccc(-c4ccccc4)cc3)c3ccc(-c4cccc(-c5cc6ccccc6c6c5sc5ccc7ccccc7c56)c4)cc3)cc2)cc1. The summed E-state index contributed by atoms with van der Waals surface area (Å²) in [7, 11) is 0. The highest BCUT2D eigenvalue weighted by atomic mass is 32.1. The van der Waals surface area contributed by atoms with Gasteiger partial charge < -0.3 is 4.90 Å². The maximum atomic E-state index is 2.39. The molecule has 0 unspecified atom stereocenters. The number of fused-ring (bicyclic) bond motifs is 7. The van der Waals surface area contributed by atoms with E-state index in [-0.39, 0.29) is 0 Å². The maximum absolute atomic E-state index is 2.39. The van der Waals surface area contributed by atoms with E-state index in [1.165, 1.54) is 86.2 Å². The fourth-order valence-corrected chi connectivity index (χ4v) is 9.86. The van der Waals surface area contributed by atoms with Gasteiger partial charge in [-0.05, 0) is 115 Å².